The van der Waals surface area contributed by atoms with Crippen LogP contribution >= 0.6 is 0 Å². The predicted octanol–water partition coefficient (Wildman–Crippen LogP) is 11.1. The topological polar surface area (TPSA) is 13.1 Å². The molecule has 0 spiro atoms. The molecule has 1 heterocycles. The second-order valence-electron chi connectivity index (χ2n) is 10.8. The van der Waals surface area contributed by atoms with Gasteiger partial charge in [-0.15, -0.1) is 0 Å². The molecule has 0 radical (unpaired) electrons. The Hall–Kier alpha value is -5.58. The van der Waals surface area contributed by atoms with Crippen LogP contribution < -0.4 is 0 Å². The van der Waals surface area contributed by atoms with Crippen molar-refractivity contribution < 1.29 is 4.42 Å². The molecule has 0 N–H and O–H groups in total. The van der Waals surface area contributed by atoms with Crippen LogP contribution in [0.25, 0.3) is 87.3 Å². The molecule has 8 aromatic carbocycles. The van der Waals surface area contributed by atoms with E-state index in [9.17, 15) is 0 Å². The molecule has 0 fully saturated rings. The molecule has 0 aliphatic heterocycles. The van der Waals surface area contributed by atoms with Crippen molar-refractivity contribution in [1.29, 1.82) is 0 Å². The first-order valence-corrected chi connectivity index (χ1v) is 13.9. The van der Waals surface area contributed by atoms with E-state index in [-0.39, 0.29) is 0 Å². The van der Waals surface area contributed by atoms with Gasteiger partial charge in [0.25, 0.3) is 0 Å². The summed E-state index contributed by atoms with van der Waals surface area (Å²) >= 11 is 0. The molecule has 188 valence electrons. The molecular weight excluding hydrogens is 496 g/mol. The third-order valence-electron chi connectivity index (χ3n) is 8.49. The molecule has 9 aromatic rings. The largest absolute Gasteiger partial charge is 0.456 e. The van der Waals surface area contributed by atoms with Crippen LogP contribution in [0.5, 0.6) is 0 Å². The van der Waals surface area contributed by atoms with Gasteiger partial charge < -0.3 is 4.42 Å². The van der Waals surface area contributed by atoms with Gasteiger partial charge in [-0.2, -0.15) is 0 Å². The quantitative estimate of drug-likeness (QED) is 0.207. The average Bonchev–Trinajstić information content (AvgIpc) is 3.40. The lowest BCUT2D eigenvalue weighted by Crippen LogP contribution is -1.85. The van der Waals surface area contributed by atoms with Crippen LogP contribution in [0.2, 0.25) is 0 Å². The molecule has 1 heteroatoms. The first kappa shape index (κ1) is 22.3. The lowest BCUT2D eigenvalue weighted by atomic mass is 9.92. The van der Waals surface area contributed by atoms with Gasteiger partial charge in [0.05, 0.1) is 0 Å². The van der Waals surface area contributed by atoms with Gasteiger partial charge in [0.2, 0.25) is 0 Å². The van der Waals surface area contributed by atoms with Crippen molar-refractivity contribution in [3.05, 3.63) is 146 Å². The monoisotopic (exact) mass is 518 g/mol. The van der Waals surface area contributed by atoms with E-state index in [0.717, 1.165) is 27.3 Å². The highest BCUT2D eigenvalue weighted by molar-refractivity contribution is 6.25. The van der Waals surface area contributed by atoms with Crippen LogP contribution in [-0.2, 0) is 0 Å². The molecule has 0 amide bonds. The van der Waals surface area contributed by atoms with Crippen LogP contribution in [0, 0.1) is 12.1 Å². The van der Waals surface area contributed by atoms with Crippen molar-refractivity contribution in [2.24, 2.45) is 0 Å². The summed E-state index contributed by atoms with van der Waals surface area (Å²) in [6.07, 6.45) is 0. The molecule has 1 aromatic heterocycles. The molecule has 1 nitrogen and oxygen atoms in total. The van der Waals surface area contributed by atoms with E-state index < -0.39 is 0 Å². The van der Waals surface area contributed by atoms with Gasteiger partial charge in [0.15, 0.2) is 0 Å². The molecule has 0 saturated carbocycles. The van der Waals surface area contributed by atoms with Gasteiger partial charge in [-0.05, 0) is 102 Å². The molecule has 0 saturated heterocycles. The van der Waals surface area contributed by atoms with Crippen molar-refractivity contribution >= 4 is 65.0 Å². The Morgan fingerprint density at radius 1 is 0.390 bits per heavy atom. The summed E-state index contributed by atoms with van der Waals surface area (Å²) in [5.74, 6) is 0. The Morgan fingerprint density at radius 2 is 0.976 bits per heavy atom. The Labute approximate surface area is 236 Å². The van der Waals surface area contributed by atoms with E-state index in [0.29, 0.717) is 0 Å². The Bertz CT molecular complexity index is 2420. The normalized spacial score (nSPS) is 11.7. The van der Waals surface area contributed by atoms with Gasteiger partial charge >= 0.3 is 0 Å². The lowest BCUT2D eigenvalue weighted by molar-refractivity contribution is 0.669. The number of fused-ring (bicyclic) bond motifs is 10. The number of hydrogen-bond donors (Lipinski definition) is 0. The van der Waals surface area contributed by atoms with Gasteiger partial charge in [-0.1, -0.05) is 103 Å². The molecule has 0 atom stereocenters. The second-order valence-corrected chi connectivity index (χ2v) is 10.8. The van der Waals surface area contributed by atoms with Crippen LogP contribution in [-0.4, -0.2) is 0 Å². The summed E-state index contributed by atoms with van der Waals surface area (Å²) in [6, 6.07) is 54.3. The first-order chi connectivity index (χ1) is 20.3. The summed E-state index contributed by atoms with van der Waals surface area (Å²) in [6.45, 7) is 0. The minimum atomic E-state index is 0.917. The van der Waals surface area contributed by atoms with E-state index in [1.54, 1.807) is 0 Å². The zero-order chi connectivity index (χ0) is 26.9. The van der Waals surface area contributed by atoms with Gasteiger partial charge in [0.1, 0.15) is 11.2 Å². The predicted molar refractivity (Wildman–Crippen MR) is 172 cm³/mol. The Balaban J connectivity index is 1.15. The summed E-state index contributed by atoms with van der Waals surface area (Å²) in [4.78, 5) is 0. The van der Waals surface area contributed by atoms with Crippen molar-refractivity contribution in [3.8, 4) is 22.3 Å². The van der Waals surface area contributed by atoms with E-state index in [2.05, 4.69) is 140 Å². The third kappa shape index (κ3) is 3.38. The summed E-state index contributed by atoms with van der Waals surface area (Å²) < 4.78 is 6.22. The van der Waals surface area contributed by atoms with Crippen LogP contribution in [0.15, 0.2) is 138 Å². The van der Waals surface area contributed by atoms with E-state index in [4.69, 9.17) is 4.42 Å². The van der Waals surface area contributed by atoms with Crippen LogP contribution in [0.1, 0.15) is 0 Å². The average molecular weight is 519 g/mol. The van der Waals surface area contributed by atoms with Crippen molar-refractivity contribution in [3.63, 3.8) is 0 Å². The van der Waals surface area contributed by atoms with Gasteiger partial charge in [-0.25, -0.2) is 0 Å². The highest BCUT2D eigenvalue weighted by atomic mass is 16.3. The minimum Gasteiger partial charge on any atom is -0.456 e. The Kier molecular flexibility index (Phi) is 4.59. The fraction of sp³-hybridized carbons (Fsp3) is 0. The minimum absolute atomic E-state index is 0.917. The highest BCUT2D eigenvalue weighted by Crippen LogP contribution is 2.38. The number of hydrogen-bond acceptors (Lipinski definition) is 1. The van der Waals surface area contributed by atoms with E-state index in [1.165, 1.54) is 60.0 Å². The fourth-order valence-electron chi connectivity index (χ4n) is 6.44. The summed E-state index contributed by atoms with van der Waals surface area (Å²) in [5.41, 5.74) is 6.60. The maximum Gasteiger partial charge on any atom is 0.136 e. The smallest absolute Gasteiger partial charge is 0.136 e. The fourth-order valence-corrected chi connectivity index (χ4v) is 6.44. The number of furan rings is 1. The van der Waals surface area contributed by atoms with E-state index >= 15 is 0 Å². The first-order valence-electron chi connectivity index (χ1n) is 13.9. The number of benzene rings is 7. The summed E-state index contributed by atoms with van der Waals surface area (Å²) in [7, 11) is 0. The lowest BCUT2D eigenvalue weighted by Gasteiger charge is -2.11. The third-order valence-corrected chi connectivity index (χ3v) is 8.49. The molecular formula is C40H22O. The standard InChI is InChI=1S/C40H22O/c1-2-8-28-24-40-38(22-27(28)7-1)37-23-30(18-20-39(37)41-40)26-15-13-25(14-16-26)29-17-19-35-33-11-4-3-9-31(33)32-10-5-6-12-34(32)36(35)21-29/h1-5,7-11,13-24H. The zero-order valence-electron chi connectivity index (χ0n) is 22.1. The molecule has 0 aliphatic carbocycles. The zero-order valence-corrected chi connectivity index (χ0v) is 22.1. The van der Waals surface area contributed by atoms with E-state index in [1.807, 2.05) is 6.07 Å². The molecule has 9 rings (SSSR count). The summed E-state index contributed by atoms with van der Waals surface area (Å²) in [5, 5.41) is 12.0. The highest BCUT2D eigenvalue weighted by Gasteiger charge is 2.12. The van der Waals surface area contributed by atoms with Crippen molar-refractivity contribution in [1.82, 2.24) is 0 Å². The maximum absolute atomic E-state index is 6.22. The molecule has 41 heavy (non-hydrogen) atoms. The van der Waals surface area contributed by atoms with Crippen LogP contribution in [0.4, 0.5) is 0 Å². The van der Waals surface area contributed by atoms with Crippen molar-refractivity contribution in [2.45, 2.75) is 0 Å². The van der Waals surface area contributed by atoms with Gasteiger partial charge in [0, 0.05) is 16.2 Å². The van der Waals surface area contributed by atoms with Crippen LogP contribution in [0.3, 0.4) is 0 Å². The molecule has 0 aliphatic rings. The molecule has 0 unspecified atom stereocenters. The SMILES string of the molecule is c1ccc2c(c#1)c1cc(-c3ccc(-c4ccc5oc6cc7ccccc7cc6c5c4)cc3)ccc1c1ccccc21. The van der Waals surface area contributed by atoms with Gasteiger partial charge in [-0.3, -0.25) is 0 Å². The maximum atomic E-state index is 6.22. The molecule has 0 bridgehead atoms. The number of rotatable bonds is 2. The Morgan fingerprint density at radius 3 is 1.76 bits per heavy atom. The van der Waals surface area contributed by atoms with Crippen molar-refractivity contribution in [2.75, 3.05) is 0 Å². The second kappa shape index (κ2) is 8.46.